The van der Waals surface area contributed by atoms with E-state index in [4.69, 9.17) is 19.3 Å². The molecule has 1 aliphatic heterocycles. The first kappa shape index (κ1) is 36.7. The largest absolute Gasteiger partial charge is 0.394 e. The van der Waals surface area contributed by atoms with Crippen molar-refractivity contribution in [2.45, 2.75) is 57.7 Å². The van der Waals surface area contributed by atoms with Crippen molar-refractivity contribution in [3.8, 4) is 0 Å². The number of nitrogens with one attached hydrogen (secondary N) is 2. The van der Waals surface area contributed by atoms with Crippen LogP contribution in [0.25, 0.3) is 10.9 Å². The molecule has 0 radical (unpaired) electrons. The van der Waals surface area contributed by atoms with Gasteiger partial charge in [0.05, 0.1) is 57.8 Å². The monoisotopic (exact) mass is 665 g/mol. The van der Waals surface area contributed by atoms with E-state index >= 15 is 0 Å². The zero-order chi connectivity index (χ0) is 33.8. The molecular formula is C33H49F2N5O7. The Hall–Kier alpha value is -3.17. The minimum Gasteiger partial charge on any atom is -0.394 e. The van der Waals surface area contributed by atoms with E-state index in [0.29, 0.717) is 43.8 Å². The molecule has 12 nitrogen and oxygen atoms in total. The molecule has 0 bridgehead atoms. The van der Waals surface area contributed by atoms with Crippen molar-refractivity contribution < 1.29 is 42.5 Å². The highest BCUT2D eigenvalue weighted by molar-refractivity contribution is 5.99. The lowest BCUT2D eigenvalue weighted by atomic mass is 9.83. The quantitative estimate of drug-likeness (QED) is 0.218. The van der Waals surface area contributed by atoms with Crippen molar-refractivity contribution in [1.29, 1.82) is 0 Å². The molecule has 1 saturated heterocycles. The van der Waals surface area contributed by atoms with E-state index in [2.05, 4.69) is 10.6 Å². The Kier molecular flexibility index (Phi) is 14.3. The average Bonchev–Trinajstić information content (AvgIpc) is 3.43. The van der Waals surface area contributed by atoms with E-state index in [1.807, 2.05) is 0 Å². The smallest absolute Gasteiger partial charge is 0.270 e. The van der Waals surface area contributed by atoms with Gasteiger partial charge >= 0.3 is 0 Å². The molecule has 2 aromatic rings. The van der Waals surface area contributed by atoms with Crippen molar-refractivity contribution in [1.82, 2.24) is 25.0 Å². The number of hydrogen-bond donors (Lipinski definition) is 3. The van der Waals surface area contributed by atoms with Gasteiger partial charge in [0.2, 0.25) is 11.8 Å². The lowest BCUT2D eigenvalue weighted by molar-refractivity contribution is -0.140. The fourth-order valence-electron chi connectivity index (χ4n) is 6.18. The van der Waals surface area contributed by atoms with Crippen molar-refractivity contribution in [2.24, 2.45) is 5.92 Å². The van der Waals surface area contributed by atoms with E-state index < -0.39 is 23.7 Å². The molecular weight excluding hydrogens is 616 g/mol. The van der Waals surface area contributed by atoms with E-state index in [-0.39, 0.29) is 75.4 Å². The third kappa shape index (κ3) is 9.92. The van der Waals surface area contributed by atoms with Crippen LogP contribution in [-0.2, 0) is 30.3 Å². The normalized spacial score (nSPS) is 17.2. The minimum absolute atomic E-state index is 0.0489. The SMILES string of the molecule is CN[C@@H](C)C(=O)NC(C(=O)N1CCN(C(=O)c2cc3cc(F)c(F)cc3n2CCOCCOCCOCCO)CC1)C1CCCCC1. The van der Waals surface area contributed by atoms with Crippen LogP contribution in [0.4, 0.5) is 8.78 Å². The zero-order valence-electron chi connectivity index (χ0n) is 27.5. The number of aliphatic hydroxyl groups excluding tert-OH is 1. The molecule has 47 heavy (non-hydrogen) atoms. The predicted molar refractivity (Wildman–Crippen MR) is 171 cm³/mol. The number of carbonyl (C=O) groups excluding carboxylic acids is 3. The number of carbonyl (C=O) groups is 3. The fourth-order valence-corrected chi connectivity index (χ4v) is 6.18. The summed E-state index contributed by atoms with van der Waals surface area (Å²) in [6.07, 6.45) is 4.93. The van der Waals surface area contributed by atoms with Crippen LogP contribution in [0.3, 0.4) is 0 Å². The summed E-state index contributed by atoms with van der Waals surface area (Å²) < 4.78 is 46.3. The number of amides is 3. The molecule has 262 valence electrons. The second-order valence-electron chi connectivity index (χ2n) is 12.1. The van der Waals surface area contributed by atoms with Crippen molar-refractivity contribution >= 4 is 28.6 Å². The van der Waals surface area contributed by atoms with Crippen molar-refractivity contribution in [3.05, 3.63) is 35.5 Å². The standard InChI is InChI=1S/C33H49F2N5O7/c1-23(36-2)31(42)37-30(24-6-4-3-5-7-24)33(44)39-10-8-38(9-11-39)32(43)29-21-25-20-26(34)27(35)22-28(25)40(29)12-14-45-16-18-47-19-17-46-15-13-41/h20-24,30,36,41H,3-19H2,1-2H3,(H,37,42)/t23-,30?/m0/s1. The molecule has 3 N–H and O–H groups in total. The molecule has 1 aromatic carbocycles. The Bertz CT molecular complexity index is 1330. The maximum Gasteiger partial charge on any atom is 0.270 e. The Labute approximate surface area is 274 Å². The molecule has 2 heterocycles. The Morgan fingerprint density at radius 2 is 1.47 bits per heavy atom. The van der Waals surface area contributed by atoms with Gasteiger partial charge in [0, 0.05) is 44.2 Å². The minimum atomic E-state index is -1.01. The zero-order valence-corrected chi connectivity index (χ0v) is 27.5. The molecule has 2 fully saturated rings. The van der Waals surface area contributed by atoms with Gasteiger partial charge in [0.1, 0.15) is 11.7 Å². The van der Waals surface area contributed by atoms with Crippen LogP contribution >= 0.6 is 0 Å². The Balaban J connectivity index is 1.38. The molecule has 3 amide bonds. The van der Waals surface area contributed by atoms with Crippen LogP contribution in [0, 0.1) is 17.6 Å². The number of nitrogens with zero attached hydrogens (tertiary/aromatic N) is 3. The lowest BCUT2D eigenvalue weighted by Crippen LogP contribution is -2.59. The molecule has 0 spiro atoms. The Morgan fingerprint density at radius 1 is 0.872 bits per heavy atom. The van der Waals surface area contributed by atoms with Crippen LogP contribution in [0.15, 0.2) is 18.2 Å². The van der Waals surface area contributed by atoms with Gasteiger partial charge in [-0.3, -0.25) is 14.4 Å². The molecule has 1 aromatic heterocycles. The highest BCUT2D eigenvalue weighted by atomic mass is 19.2. The molecule has 2 atom stereocenters. The van der Waals surface area contributed by atoms with E-state index in [0.717, 1.165) is 44.2 Å². The van der Waals surface area contributed by atoms with Gasteiger partial charge in [-0.1, -0.05) is 19.3 Å². The number of ether oxygens (including phenoxy) is 3. The molecule has 4 rings (SSSR count). The molecule has 1 aliphatic carbocycles. The van der Waals surface area contributed by atoms with Gasteiger partial charge in [-0.25, -0.2) is 8.78 Å². The number of aromatic nitrogens is 1. The van der Waals surface area contributed by atoms with Crippen LogP contribution in [0.2, 0.25) is 0 Å². The number of benzene rings is 1. The maximum atomic E-state index is 14.3. The van der Waals surface area contributed by atoms with Gasteiger partial charge in [-0.2, -0.15) is 0 Å². The van der Waals surface area contributed by atoms with Crippen molar-refractivity contribution in [3.63, 3.8) is 0 Å². The van der Waals surface area contributed by atoms with E-state index in [9.17, 15) is 23.2 Å². The number of fused-ring (bicyclic) bond motifs is 1. The van der Waals surface area contributed by atoms with Gasteiger partial charge in [0.25, 0.3) is 5.91 Å². The Morgan fingerprint density at radius 3 is 2.11 bits per heavy atom. The summed E-state index contributed by atoms with van der Waals surface area (Å²) in [6.45, 7) is 4.90. The first-order valence-corrected chi connectivity index (χ1v) is 16.6. The van der Waals surface area contributed by atoms with Gasteiger partial charge < -0.3 is 44.3 Å². The van der Waals surface area contributed by atoms with Gasteiger partial charge in [0.15, 0.2) is 11.6 Å². The number of aliphatic hydroxyl groups is 1. The van der Waals surface area contributed by atoms with Gasteiger partial charge in [-0.05, 0) is 44.9 Å². The fraction of sp³-hybridized carbons (Fsp3) is 0.667. The number of halogens is 2. The molecule has 1 unspecified atom stereocenters. The maximum absolute atomic E-state index is 14.3. The summed E-state index contributed by atoms with van der Waals surface area (Å²) in [5.74, 6) is -2.59. The molecule has 14 heteroatoms. The first-order valence-electron chi connectivity index (χ1n) is 16.6. The lowest BCUT2D eigenvalue weighted by Gasteiger charge is -2.39. The number of likely N-dealkylation sites (N-methyl/N-ethyl adjacent to an activating group) is 1. The van der Waals surface area contributed by atoms with Crippen LogP contribution < -0.4 is 10.6 Å². The topological polar surface area (TPSA) is 135 Å². The van der Waals surface area contributed by atoms with E-state index in [1.54, 1.807) is 34.4 Å². The third-order valence-electron chi connectivity index (χ3n) is 8.99. The predicted octanol–water partition coefficient (Wildman–Crippen LogP) is 1.92. The molecule has 2 aliphatic rings. The third-order valence-corrected chi connectivity index (χ3v) is 8.99. The van der Waals surface area contributed by atoms with Crippen LogP contribution in [0.5, 0.6) is 0 Å². The highest BCUT2D eigenvalue weighted by Gasteiger charge is 2.36. The highest BCUT2D eigenvalue weighted by Crippen LogP contribution is 2.28. The second-order valence-corrected chi connectivity index (χ2v) is 12.1. The first-order chi connectivity index (χ1) is 22.7. The van der Waals surface area contributed by atoms with Crippen LogP contribution in [-0.4, -0.2) is 129 Å². The summed E-state index contributed by atoms with van der Waals surface area (Å²) in [7, 11) is 1.70. The van der Waals surface area contributed by atoms with Gasteiger partial charge in [-0.15, -0.1) is 0 Å². The van der Waals surface area contributed by atoms with E-state index in [1.165, 1.54) is 0 Å². The van der Waals surface area contributed by atoms with Crippen LogP contribution in [0.1, 0.15) is 49.5 Å². The summed E-state index contributed by atoms with van der Waals surface area (Å²) >= 11 is 0. The number of rotatable bonds is 17. The molecule has 1 saturated carbocycles. The second kappa shape index (κ2) is 18.4. The summed E-state index contributed by atoms with van der Waals surface area (Å²) in [5.41, 5.74) is 0.655. The summed E-state index contributed by atoms with van der Waals surface area (Å²) in [6, 6.07) is 2.68. The summed E-state index contributed by atoms with van der Waals surface area (Å²) in [5, 5.41) is 15.0. The van der Waals surface area contributed by atoms with Crippen molar-refractivity contribution in [2.75, 3.05) is 79.5 Å². The number of piperazine rings is 1. The number of hydrogen-bond acceptors (Lipinski definition) is 8. The average molecular weight is 666 g/mol. The summed E-state index contributed by atoms with van der Waals surface area (Å²) in [4.78, 5) is 43.7.